The zero-order chi connectivity index (χ0) is 19.4. The highest BCUT2D eigenvalue weighted by molar-refractivity contribution is 8.08. The van der Waals surface area contributed by atoms with E-state index in [2.05, 4.69) is 5.32 Å². The number of sulfone groups is 1. The van der Waals surface area contributed by atoms with Gasteiger partial charge in [0.2, 0.25) is 0 Å². The Balaban J connectivity index is 1.59. The number of hydrogen-bond acceptors (Lipinski definition) is 6. The fourth-order valence-electron chi connectivity index (χ4n) is 2.30. The summed E-state index contributed by atoms with van der Waals surface area (Å²) in [5, 5.41) is 2.87. The minimum atomic E-state index is -3.24. The molecule has 1 heterocycles. The minimum absolute atomic E-state index is 0.00470. The summed E-state index contributed by atoms with van der Waals surface area (Å²) >= 11 is 1.66. The monoisotopic (exact) mass is 407 g/mol. The van der Waals surface area contributed by atoms with Crippen LogP contribution in [-0.4, -0.2) is 37.3 Å². The number of ether oxygens (including phenoxy) is 2. The summed E-state index contributed by atoms with van der Waals surface area (Å²) < 4.78 is 35.3. The third kappa shape index (κ3) is 5.90. The summed E-state index contributed by atoms with van der Waals surface area (Å²) in [5.74, 6) is 2.58. The standard InChI is InChI=1S/C19H21NO5S2/c1-13(2)20-19(21)25-16-5-3-14(4-6-16)24-15-7-9-18(10-8-15)27(22,23)12-17-11-26-17/h3-10,13,17H,11-12H2,1-2H3,(H,20,21). The summed E-state index contributed by atoms with van der Waals surface area (Å²) in [5.41, 5.74) is 0. The lowest BCUT2D eigenvalue weighted by molar-refractivity contribution is 0.197. The third-order valence-corrected chi connectivity index (χ3v) is 6.68. The topological polar surface area (TPSA) is 81.7 Å². The zero-order valence-corrected chi connectivity index (χ0v) is 16.7. The summed E-state index contributed by atoms with van der Waals surface area (Å²) in [4.78, 5) is 11.9. The second-order valence-corrected chi connectivity index (χ2v) is 9.84. The van der Waals surface area contributed by atoms with Crippen LogP contribution in [0.1, 0.15) is 13.8 Å². The Kier molecular flexibility index (Phi) is 5.96. The number of thioether (sulfide) groups is 1. The minimum Gasteiger partial charge on any atom is -0.457 e. The van der Waals surface area contributed by atoms with E-state index in [1.807, 2.05) is 13.8 Å². The Hall–Kier alpha value is -2.19. The molecule has 2 aromatic carbocycles. The molecule has 1 aliphatic heterocycles. The molecule has 1 unspecified atom stereocenters. The summed E-state index contributed by atoms with van der Waals surface area (Å²) in [6, 6.07) is 13.0. The van der Waals surface area contributed by atoms with Gasteiger partial charge in [-0.05, 0) is 62.4 Å². The van der Waals surface area contributed by atoms with Crippen molar-refractivity contribution >= 4 is 27.7 Å². The van der Waals surface area contributed by atoms with Crippen molar-refractivity contribution in [2.24, 2.45) is 0 Å². The van der Waals surface area contributed by atoms with E-state index in [1.165, 1.54) is 0 Å². The molecule has 1 amide bonds. The zero-order valence-electron chi connectivity index (χ0n) is 15.0. The van der Waals surface area contributed by atoms with Crippen LogP contribution in [0.2, 0.25) is 0 Å². The maximum absolute atomic E-state index is 12.2. The van der Waals surface area contributed by atoms with Crippen LogP contribution in [0.15, 0.2) is 53.4 Å². The van der Waals surface area contributed by atoms with Gasteiger partial charge in [0.05, 0.1) is 10.6 Å². The third-order valence-electron chi connectivity index (χ3n) is 3.67. The van der Waals surface area contributed by atoms with Gasteiger partial charge in [0.15, 0.2) is 9.84 Å². The van der Waals surface area contributed by atoms with Crippen molar-refractivity contribution in [3.05, 3.63) is 48.5 Å². The molecule has 1 aliphatic rings. The molecule has 144 valence electrons. The van der Waals surface area contributed by atoms with Crippen LogP contribution < -0.4 is 14.8 Å². The molecule has 0 spiro atoms. The molecule has 0 aromatic heterocycles. The molecule has 8 heteroatoms. The molecule has 1 saturated heterocycles. The molecule has 1 N–H and O–H groups in total. The molecule has 2 aromatic rings. The maximum Gasteiger partial charge on any atom is 0.412 e. The number of carbonyl (C=O) groups excluding carboxylic acids is 1. The first-order valence-electron chi connectivity index (χ1n) is 8.52. The molecule has 0 aliphatic carbocycles. The van der Waals surface area contributed by atoms with Crippen LogP contribution in [0.4, 0.5) is 4.79 Å². The summed E-state index contributed by atoms with van der Waals surface area (Å²) in [6.07, 6.45) is -0.514. The second-order valence-electron chi connectivity index (χ2n) is 6.47. The normalized spacial score (nSPS) is 16.0. The van der Waals surface area contributed by atoms with Gasteiger partial charge >= 0.3 is 6.09 Å². The van der Waals surface area contributed by atoms with E-state index >= 15 is 0 Å². The number of amides is 1. The second kappa shape index (κ2) is 8.22. The van der Waals surface area contributed by atoms with Gasteiger partial charge in [-0.15, -0.1) is 0 Å². The highest BCUT2D eigenvalue weighted by Crippen LogP contribution is 2.33. The van der Waals surface area contributed by atoms with Crippen LogP contribution in [0.25, 0.3) is 0 Å². The first-order valence-corrected chi connectivity index (χ1v) is 11.2. The molecular formula is C19H21NO5S2. The SMILES string of the molecule is CC(C)NC(=O)Oc1ccc(Oc2ccc(S(=O)(=O)CC3CS3)cc2)cc1. The number of nitrogens with one attached hydrogen (secondary N) is 1. The van der Waals surface area contributed by atoms with Crippen molar-refractivity contribution in [2.45, 2.75) is 30.0 Å². The molecule has 0 radical (unpaired) electrons. The van der Waals surface area contributed by atoms with Gasteiger partial charge in [-0.2, -0.15) is 11.8 Å². The summed E-state index contributed by atoms with van der Waals surface area (Å²) in [7, 11) is -3.24. The van der Waals surface area contributed by atoms with Crippen molar-refractivity contribution in [1.82, 2.24) is 5.32 Å². The lowest BCUT2D eigenvalue weighted by atomic mass is 10.3. The highest BCUT2D eigenvalue weighted by atomic mass is 32.2. The maximum atomic E-state index is 12.2. The number of carbonyl (C=O) groups is 1. The van der Waals surface area contributed by atoms with Crippen molar-refractivity contribution in [3.8, 4) is 17.2 Å². The fraction of sp³-hybridized carbons (Fsp3) is 0.316. The lowest BCUT2D eigenvalue weighted by Gasteiger charge is -2.10. The highest BCUT2D eigenvalue weighted by Gasteiger charge is 2.29. The van der Waals surface area contributed by atoms with E-state index in [0.717, 1.165) is 5.75 Å². The number of rotatable bonds is 7. The van der Waals surface area contributed by atoms with E-state index in [9.17, 15) is 13.2 Å². The van der Waals surface area contributed by atoms with Crippen molar-refractivity contribution in [3.63, 3.8) is 0 Å². The molecule has 1 atom stereocenters. The molecule has 6 nitrogen and oxygen atoms in total. The van der Waals surface area contributed by atoms with Gasteiger partial charge in [0.1, 0.15) is 17.2 Å². The van der Waals surface area contributed by atoms with Crippen LogP contribution in [0, 0.1) is 0 Å². The number of benzene rings is 2. The Bertz CT molecular complexity index is 889. The van der Waals surface area contributed by atoms with Gasteiger partial charge in [0.25, 0.3) is 0 Å². The van der Waals surface area contributed by atoms with Crippen molar-refractivity contribution < 1.29 is 22.7 Å². The van der Waals surface area contributed by atoms with Gasteiger partial charge in [0, 0.05) is 17.0 Å². The Labute approximate surface area is 163 Å². The van der Waals surface area contributed by atoms with E-state index in [-0.39, 0.29) is 17.0 Å². The molecular weight excluding hydrogens is 386 g/mol. The smallest absolute Gasteiger partial charge is 0.412 e. The average Bonchev–Trinajstić information content (AvgIpc) is 3.40. The molecule has 1 fully saturated rings. The van der Waals surface area contributed by atoms with Crippen LogP contribution >= 0.6 is 11.8 Å². The van der Waals surface area contributed by atoms with Gasteiger partial charge in [-0.3, -0.25) is 0 Å². The first-order chi connectivity index (χ1) is 12.8. The molecule has 0 bridgehead atoms. The Morgan fingerprint density at radius 1 is 1.07 bits per heavy atom. The van der Waals surface area contributed by atoms with E-state index in [4.69, 9.17) is 9.47 Å². The fourth-order valence-corrected chi connectivity index (χ4v) is 4.98. The van der Waals surface area contributed by atoms with Crippen LogP contribution in [-0.2, 0) is 9.84 Å². The van der Waals surface area contributed by atoms with Crippen molar-refractivity contribution in [2.75, 3.05) is 11.5 Å². The summed E-state index contributed by atoms with van der Waals surface area (Å²) in [6.45, 7) is 3.69. The molecule has 27 heavy (non-hydrogen) atoms. The Morgan fingerprint density at radius 3 is 2.11 bits per heavy atom. The van der Waals surface area contributed by atoms with Gasteiger partial charge in [-0.1, -0.05) is 0 Å². The van der Waals surface area contributed by atoms with Crippen LogP contribution in [0.3, 0.4) is 0 Å². The number of hydrogen-bond donors (Lipinski definition) is 1. The quantitative estimate of drug-likeness (QED) is 0.702. The van der Waals surface area contributed by atoms with E-state index in [0.29, 0.717) is 22.1 Å². The van der Waals surface area contributed by atoms with Gasteiger partial charge in [-0.25, -0.2) is 13.2 Å². The largest absolute Gasteiger partial charge is 0.457 e. The predicted octanol–water partition coefficient (Wildman–Crippen LogP) is 3.86. The Morgan fingerprint density at radius 2 is 1.59 bits per heavy atom. The lowest BCUT2D eigenvalue weighted by Crippen LogP contribution is -2.32. The van der Waals surface area contributed by atoms with Crippen molar-refractivity contribution in [1.29, 1.82) is 0 Å². The van der Waals surface area contributed by atoms with Crippen LogP contribution in [0.5, 0.6) is 17.2 Å². The van der Waals surface area contributed by atoms with E-state index < -0.39 is 15.9 Å². The molecule has 0 saturated carbocycles. The molecule has 3 rings (SSSR count). The average molecular weight is 408 g/mol. The van der Waals surface area contributed by atoms with E-state index in [1.54, 1.807) is 60.3 Å². The van der Waals surface area contributed by atoms with Gasteiger partial charge < -0.3 is 14.8 Å². The predicted molar refractivity (Wildman–Crippen MR) is 106 cm³/mol. The first kappa shape index (κ1) is 19.6.